The lowest BCUT2D eigenvalue weighted by atomic mass is 9.98. The molecule has 1 aromatic carbocycles. The molecular formula is C16H10O7. The van der Waals surface area contributed by atoms with Gasteiger partial charge in [-0.05, 0) is 35.9 Å². The van der Waals surface area contributed by atoms with Gasteiger partial charge < -0.3 is 24.8 Å². The van der Waals surface area contributed by atoms with Gasteiger partial charge in [-0.25, -0.2) is 4.79 Å². The Balaban J connectivity index is 2.54. The quantitative estimate of drug-likeness (QED) is 0.324. The minimum Gasteiger partial charge on any atom is -0.504 e. The maximum atomic E-state index is 11.6. The molecule has 7 nitrogen and oxygen atoms in total. The van der Waals surface area contributed by atoms with Crippen LogP contribution in [0.3, 0.4) is 0 Å². The van der Waals surface area contributed by atoms with Crippen LogP contribution in [0.1, 0.15) is 5.56 Å². The summed E-state index contributed by atoms with van der Waals surface area (Å²) in [7, 11) is 0. The Morgan fingerprint density at radius 1 is 1.04 bits per heavy atom. The number of hydrogen-bond donors (Lipinski definition) is 4. The number of rotatable bonds is 2. The van der Waals surface area contributed by atoms with Gasteiger partial charge in [0.2, 0.25) is 16.9 Å². The van der Waals surface area contributed by atoms with Crippen molar-refractivity contribution in [2.45, 2.75) is 0 Å². The smallest absolute Gasteiger partial charge is 0.328 e. The summed E-state index contributed by atoms with van der Waals surface area (Å²) in [6, 6.07) is 5.15. The van der Waals surface area contributed by atoms with Crippen LogP contribution in [0.2, 0.25) is 0 Å². The van der Waals surface area contributed by atoms with Crippen molar-refractivity contribution in [3.8, 4) is 28.6 Å². The van der Waals surface area contributed by atoms with Gasteiger partial charge in [0.05, 0.1) is 0 Å². The fourth-order valence-electron chi connectivity index (χ4n) is 2.33. The first-order valence-corrected chi connectivity index (χ1v) is 6.44. The summed E-state index contributed by atoms with van der Waals surface area (Å²) in [5.74, 6) is -3.11. The topological polar surface area (TPSA) is 128 Å². The molecule has 0 amide bonds. The third kappa shape index (κ3) is 2.24. The van der Waals surface area contributed by atoms with Crippen molar-refractivity contribution in [2.24, 2.45) is 0 Å². The Kier molecular flexibility index (Phi) is 3.18. The van der Waals surface area contributed by atoms with Gasteiger partial charge in [0.1, 0.15) is 0 Å². The predicted octanol–water partition coefficient (Wildman–Crippen LogP) is 2.11. The van der Waals surface area contributed by atoms with Gasteiger partial charge in [-0.2, -0.15) is 0 Å². The summed E-state index contributed by atoms with van der Waals surface area (Å²) in [6.07, 6.45) is 2.13. The number of benzene rings is 2. The third-order valence-electron chi connectivity index (χ3n) is 3.38. The molecule has 0 saturated carbocycles. The highest BCUT2D eigenvalue weighted by atomic mass is 16.4. The first kappa shape index (κ1) is 14.5. The van der Waals surface area contributed by atoms with Crippen LogP contribution in [0, 0.1) is 0 Å². The molecule has 7 heteroatoms. The fraction of sp³-hybridized carbons (Fsp3) is 0. The van der Waals surface area contributed by atoms with Crippen molar-refractivity contribution < 1.29 is 29.6 Å². The van der Waals surface area contributed by atoms with Crippen LogP contribution in [-0.2, 0) is 4.79 Å². The second-order valence-corrected chi connectivity index (χ2v) is 4.79. The molecular weight excluding hydrogens is 304 g/mol. The van der Waals surface area contributed by atoms with Crippen molar-refractivity contribution in [3.63, 3.8) is 0 Å². The molecule has 1 aliphatic carbocycles. The van der Waals surface area contributed by atoms with Crippen LogP contribution in [0.25, 0.3) is 28.4 Å². The summed E-state index contributed by atoms with van der Waals surface area (Å²) in [5.41, 5.74) is -0.261. The first-order chi connectivity index (χ1) is 10.9. The Hall–Kier alpha value is -3.48. The summed E-state index contributed by atoms with van der Waals surface area (Å²) < 4.78 is 5.38. The molecule has 1 heterocycles. The number of carboxylic acid groups (broad SMARTS) is 1. The van der Waals surface area contributed by atoms with E-state index in [-0.39, 0.29) is 16.9 Å². The van der Waals surface area contributed by atoms with Crippen molar-refractivity contribution in [1.82, 2.24) is 0 Å². The molecule has 0 fully saturated rings. The van der Waals surface area contributed by atoms with Gasteiger partial charge in [-0.3, -0.25) is 4.79 Å². The van der Waals surface area contributed by atoms with E-state index in [2.05, 4.69) is 0 Å². The molecule has 4 N–H and O–H groups in total. The molecule has 0 bridgehead atoms. The van der Waals surface area contributed by atoms with E-state index in [1.807, 2.05) is 0 Å². The van der Waals surface area contributed by atoms with E-state index in [1.54, 1.807) is 0 Å². The monoisotopic (exact) mass is 314 g/mol. The number of carboxylic acids is 1. The number of hydrogen-bond acceptors (Lipinski definition) is 6. The van der Waals surface area contributed by atoms with E-state index in [0.717, 1.165) is 12.1 Å². The largest absolute Gasteiger partial charge is 0.504 e. The lowest BCUT2D eigenvalue weighted by molar-refractivity contribution is -0.131. The van der Waals surface area contributed by atoms with Crippen LogP contribution in [-0.4, -0.2) is 26.4 Å². The molecule has 0 atom stereocenters. The van der Waals surface area contributed by atoms with E-state index in [4.69, 9.17) is 9.52 Å². The highest BCUT2D eigenvalue weighted by Crippen LogP contribution is 2.43. The number of carbonyl (C=O) groups is 1. The second kappa shape index (κ2) is 5.06. The summed E-state index contributed by atoms with van der Waals surface area (Å²) in [5, 5.41) is 38.5. The van der Waals surface area contributed by atoms with Gasteiger partial charge in [-0.1, -0.05) is 0 Å². The Labute approximate surface area is 128 Å². The SMILES string of the molecule is O=C(O)/C=C/c1c2ccc(=O)c(O)c-2oc2c(O)c(O)ccc12. The fourth-order valence-corrected chi connectivity index (χ4v) is 2.33. The van der Waals surface area contributed by atoms with Crippen LogP contribution in [0.5, 0.6) is 17.2 Å². The van der Waals surface area contributed by atoms with Crippen LogP contribution in [0.15, 0.2) is 39.6 Å². The molecule has 0 unspecified atom stereocenters. The molecule has 0 saturated heterocycles. The van der Waals surface area contributed by atoms with E-state index < -0.39 is 28.6 Å². The molecule has 1 aliphatic heterocycles. The van der Waals surface area contributed by atoms with Crippen molar-refractivity contribution in [3.05, 3.63) is 46.1 Å². The summed E-state index contributed by atoms with van der Waals surface area (Å²) in [4.78, 5) is 22.4. The van der Waals surface area contributed by atoms with Gasteiger partial charge in [0.15, 0.2) is 17.1 Å². The number of aromatic hydroxyl groups is 3. The average Bonchev–Trinajstić information content (AvgIpc) is 2.51. The van der Waals surface area contributed by atoms with Gasteiger partial charge in [-0.15, -0.1) is 0 Å². The average molecular weight is 314 g/mol. The number of fused-ring (bicyclic) bond motifs is 2. The van der Waals surface area contributed by atoms with Gasteiger partial charge in [0, 0.05) is 17.0 Å². The molecule has 116 valence electrons. The molecule has 2 aliphatic rings. The van der Waals surface area contributed by atoms with E-state index in [0.29, 0.717) is 10.9 Å². The minimum absolute atomic E-state index is 0.177. The molecule has 3 rings (SSSR count). The van der Waals surface area contributed by atoms with E-state index >= 15 is 0 Å². The third-order valence-corrected chi connectivity index (χ3v) is 3.38. The van der Waals surface area contributed by atoms with Gasteiger partial charge >= 0.3 is 5.97 Å². The summed E-state index contributed by atoms with van der Waals surface area (Å²) in [6.45, 7) is 0. The molecule has 0 aromatic heterocycles. The van der Waals surface area contributed by atoms with Crippen LogP contribution in [0.4, 0.5) is 0 Å². The maximum absolute atomic E-state index is 11.6. The van der Waals surface area contributed by atoms with Crippen LogP contribution < -0.4 is 5.43 Å². The van der Waals surface area contributed by atoms with Crippen molar-refractivity contribution in [2.75, 3.05) is 0 Å². The predicted molar refractivity (Wildman–Crippen MR) is 80.8 cm³/mol. The maximum Gasteiger partial charge on any atom is 0.328 e. The first-order valence-electron chi connectivity index (χ1n) is 6.44. The Bertz CT molecular complexity index is 998. The standard InChI is InChI=1S/C16H10O7/c17-10-4-1-8-7(3-6-12(19)20)9-2-5-11(18)14(22)16(9)23-15(8)13(10)21/h1-6,17,21-22H,(H,19,20)/b6-3+. The number of phenols is 3. The van der Waals surface area contributed by atoms with Crippen LogP contribution >= 0.6 is 0 Å². The van der Waals surface area contributed by atoms with Gasteiger partial charge in [0.25, 0.3) is 0 Å². The lowest BCUT2D eigenvalue weighted by Crippen LogP contribution is -2.02. The highest BCUT2D eigenvalue weighted by molar-refractivity contribution is 6.00. The Morgan fingerprint density at radius 3 is 2.48 bits per heavy atom. The summed E-state index contributed by atoms with van der Waals surface area (Å²) >= 11 is 0. The highest BCUT2D eigenvalue weighted by Gasteiger charge is 2.21. The normalized spacial score (nSPS) is 11.5. The van der Waals surface area contributed by atoms with Crippen molar-refractivity contribution >= 4 is 23.0 Å². The second-order valence-electron chi connectivity index (χ2n) is 4.79. The van der Waals surface area contributed by atoms with Crippen molar-refractivity contribution in [1.29, 1.82) is 0 Å². The van der Waals surface area contributed by atoms with E-state index in [1.165, 1.54) is 24.3 Å². The number of phenolic OH excluding ortho intramolecular Hbond substituents is 3. The molecule has 0 radical (unpaired) electrons. The lowest BCUT2D eigenvalue weighted by Gasteiger charge is -2.14. The molecule has 1 aromatic rings. The molecule has 23 heavy (non-hydrogen) atoms. The number of aliphatic carboxylic acids is 1. The zero-order valence-electron chi connectivity index (χ0n) is 11.5. The molecule has 0 spiro atoms. The Morgan fingerprint density at radius 2 is 1.78 bits per heavy atom. The zero-order valence-corrected chi connectivity index (χ0v) is 11.5. The zero-order chi connectivity index (χ0) is 16.7. The minimum atomic E-state index is -1.19. The van der Waals surface area contributed by atoms with E-state index in [9.17, 15) is 24.9 Å².